The lowest BCUT2D eigenvalue weighted by Crippen LogP contribution is -2.24. The SMILES string of the molecule is CC[C@@H](C)c1nc2ccc(Br)cc2c(=O)n1N=Cc1cc(Br)cc([N+](=O)[O-])c1OCC(=O)Nc1ccccc1. The third-order valence-corrected chi connectivity index (χ3v) is 6.81. The molecule has 4 aromatic rings. The number of amides is 1. The molecule has 0 aliphatic heterocycles. The van der Waals surface area contributed by atoms with Gasteiger partial charge in [-0.05, 0) is 42.8 Å². The topological polar surface area (TPSA) is 129 Å². The van der Waals surface area contributed by atoms with Gasteiger partial charge in [-0.3, -0.25) is 19.7 Å². The summed E-state index contributed by atoms with van der Waals surface area (Å²) in [6.07, 6.45) is 2.00. The van der Waals surface area contributed by atoms with Crippen LogP contribution in [0.25, 0.3) is 10.9 Å². The van der Waals surface area contributed by atoms with Gasteiger partial charge < -0.3 is 10.1 Å². The molecule has 0 aliphatic carbocycles. The van der Waals surface area contributed by atoms with Crippen LogP contribution in [-0.2, 0) is 4.79 Å². The molecule has 12 heteroatoms. The Hall–Kier alpha value is -3.90. The molecular weight excluding hydrogens is 634 g/mol. The number of hydrogen-bond acceptors (Lipinski definition) is 7. The van der Waals surface area contributed by atoms with E-state index in [1.165, 1.54) is 17.0 Å². The van der Waals surface area contributed by atoms with Crippen LogP contribution < -0.4 is 15.6 Å². The first-order valence-corrected chi connectivity index (χ1v) is 13.5. The van der Waals surface area contributed by atoms with Crippen molar-refractivity contribution in [1.29, 1.82) is 0 Å². The van der Waals surface area contributed by atoms with E-state index < -0.39 is 17.4 Å². The standard InChI is InChI=1S/C27H23Br2N5O5/c1-3-16(2)26-32-22-10-9-18(28)12-21(22)27(36)33(26)30-14-17-11-19(29)13-23(34(37)38)25(17)39-15-24(35)31-20-7-5-4-6-8-20/h4-14,16H,3,15H2,1-2H3,(H,31,35)/t16-/m1/s1. The van der Waals surface area contributed by atoms with Crippen molar-refractivity contribution in [3.63, 3.8) is 0 Å². The van der Waals surface area contributed by atoms with Crippen molar-refractivity contribution >= 4 is 66.3 Å². The van der Waals surface area contributed by atoms with Crippen molar-refractivity contribution in [1.82, 2.24) is 9.66 Å². The first-order valence-electron chi connectivity index (χ1n) is 11.9. The third-order valence-electron chi connectivity index (χ3n) is 5.86. The van der Waals surface area contributed by atoms with Crippen LogP contribution in [0.2, 0.25) is 0 Å². The van der Waals surface area contributed by atoms with Crippen LogP contribution in [0.15, 0.2) is 79.5 Å². The zero-order valence-corrected chi connectivity index (χ0v) is 24.1. The van der Waals surface area contributed by atoms with Gasteiger partial charge in [0.05, 0.1) is 22.0 Å². The molecule has 0 unspecified atom stereocenters. The van der Waals surface area contributed by atoms with E-state index in [0.29, 0.717) is 37.8 Å². The number of para-hydroxylation sites is 1. The minimum absolute atomic E-state index is 0.0999. The molecule has 0 spiro atoms. The van der Waals surface area contributed by atoms with Gasteiger partial charge in [0.25, 0.3) is 11.5 Å². The Labute approximate surface area is 240 Å². The minimum Gasteiger partial charge on any atom is -0.476 e. The number of fused-ring (bicyclic) bond motifs is 1. The van der Waals surface area contributed by atoms with E-state index in [1.807, 2.05) is 19.9 Å². The molecule has 10 nitrogen and oxygen atoms in total. The number of carbonyl (C=O) groups is 1. The number of nitro benzene ring substituents is 1. The van der Waals surface area contributed by atoms with E-state index >= 15 is 0 Å². The van der Waals surface area contributed by atoms with Crippen LogP contribution in [0.3, 0.4) is 0 Å². The molecule has 0 aliphatic rings. The van der Waals surface area contributed by atoms with Crippen molar-refractivity contribution in [2.75, 3.05) is 11.9 Å². The highest BCUT2D eigenvalue weighted by molar-refractivity contribution is 9.10. The van der Waals surface area contributed by atoms with E-state index in [0.717, 1.165) is 0 Å². The van der Waals surface area contributed by atoms with Crippen molar-refractivity contribution in [2.24, 2.45) is 5.10 Å². The zero-order valence-electron chi connectivity index (χ0n) is 20.9. The quantitative estimate of drug-likeness (QED) is 0.129. The van der Waals surface area contributed by atoms with E-state index in [1.54, 1.807) is 48.5 Å². The number of nitrogens with one attached hydrogen (secondary N) is 1. The molecule has 0 bridgehead atoms. The van der Waals surface area contributed by atoms with Crippen molar-refractivity contribution in [2.45, 2.75) is 26.2 Å². The number of carbonyl (C=O) groups excluding carboxylic acids is 1. The Morgan fingerprint density at radius 1 is 1.18 bits per heavy atom. The van der Waals surface area contributed by atoms with E-state index in [9.17, 15) is 19.7 Å². The van der Waals surface area contributed by atoms with Crippen LogP contribution in [0.5, 0.6) is 5.75 Å². The van der Waals surface area contributed by atoms with Gasteiger partial charge >= 0.3 is 5.69 Å². The second-order valence-corrected chi connectivity index (χ2v) is 10.4. The lowest BCUT2D eigenvalue weighted by molar-refractivity contribution is -0.385. The Morgan fingerprint density at radius 2 is 1.92 bits per heavy atom. The lowest BCUT2D eigenvalue weighted by Gasteiger charge is -2.14. The van der Waals surface area contributed by atoms with Crippen molar-refractivity contribution in [3.05, 3.63) is 101 Å². The molecule has 1 N–H and O–H groups in total. The summed E-state index contributed by atoms with van der Waals surface area (Å²) in [5.74, 6) is -0.314. The summed E-state index contributed by atoms with van der Waals surface area (Å²) in [6, 6.07) is 16.8. The van der Waals surface area contributed by atoms with Gasteiger partial charge in [0, 0.05) is 32.2 Å². The maximum Gasteiger partial charge on any atom is 0.312 e. The molecule has 3 aromatic carbocycles. The maximum atomic E-state index is 13.4. The fraction of sp³-hybridized carbons (Fsp3) is 0.185. The van der Waals surface area contributed by atoms with Gasteiger partial charge in [-0.2, -0.15) is 9.78 Å². The number of ether oxygens (including phenoxy) is 1. The largest absolute Gasteiger partial charge is 0.476 e. The van der Waals surface area contributed by atoms with Gasteiger partial charge in [0.1, 0.15) is 5.82 Å². The second kappa shape index (κ2) is 12.3. The molecule has 1 amide bonds. The summed E-state index contributed by atoms with van der Waals surface area (Å²) in [5.41, 5.74) is 0.539. The summed E-state index contributed by atoms with van der Waals surface area (Å²) in [4.78, 5) is 41.8. The fourth-order valence-electron chi connectivity index (χ4n) is 3.74. The van der Waals surface area contributed by atoms with Gasteiger partial charge in [-0.15, -0.1) is 0 Å². The number of nitro groups is 1. The van der Waals surface area contributed by atoms with E-state index in [4.69, 9.17) is 4.74 Å². The number of rotatable bonds is 9. The number of nitrogens with zero attached hydrogens (tertiary/aromatic N) is 4. The lowest BCUT2D eigenvalue weighted by atomic mass is 10.1. The maximum absolute atomic E-state index is 13.4. The number of aromatic nitrogens is 2. The van der Waals surface area contributed by atoms with Crippen LogP contribution >= 0.6 is 31.9 Å². The van der Waals surface area contributed by atoms with E-state index in [-0.39, 0.29) is 28.5 Å². The average Bonchev–Trinajstić information content (AvgIpc) is 2.91. The predicted octanol–water partition coefficient (Wildman–Crippen LogP) is 6.24. The Kier molecular flexibility index (Phi) is 8.87. The molecular formula is C27H23Br2N5O5. The molecule has 0 radical (unpaired) electrons. The number of hydrogen-bond donors (Lipinski definition) is 1. The van der Waals surface area contributed by atoms with Gasteiger partial charge in [-0.25, -0.2) is 4.98 Å². The summed E-state index contributed by atoms with van der Waals surface area (Å²) in [6.45, 7) is 3.42. The molecule has 1 aromatic heterocycles. The Bertz CT molecular complexity index is 1640. The smallest absolute Gasteiger partial charge is 0.312 e. The molecule has 1 atom stereocenters. The van der Waals surface area contributed by atoms with Gasteiger partial charge in [-0.1, -0.05) is 63.9 Å². The number of anilines is 1. The summed E-state index contributed by atoms with van der Waals surface area (Å²) >= 11 is 6.67. The molecule has 39 heavy (non-hydrogen) atoms. The zero-order chi connectivity index (χ0) is 28.1. The second-order valence-electron chi connectivity index (χ2n) is 8.61. The fourth-order valence-corrected chi connectivity index (χ4v) is 4.57. The summed E-state index contributed by atoms with van der Waals surface area (Å²) < 4.78 is 7.95. The highest BCUT2D eigenvalue weighted by atomic mass is 79.9. The minimum atomic E-state index is -0.613. The van der Waals surface area contributed by atoms with Crippen molar-refractivity contribution < 1.29 is 14.5 Å². The molecule has 200 valence electrons. The molecule has 0 saturated carbocycles. The summed E-state index contributed by atoms with van der Waals surface area (Å²) in [7, 11) is 0. The normalized spacial score (nSPS) is 12.0. The Balaban J connectivity index is 1.76. The average molecular weight is 657 g/mol. The molecule has 0 saturated heterocycles. The number of halogens is 2. The van der Waals surface area contributed by atoms with Crippen LogP contribution in [0.4, 0.5) is 11.4 Å². The highest BCUT2D eigenvalue weighted by Gasteiger charge is 2.22. The number of benzene rings is 3. The predicted molar refractivity (Wildman–Crippen MR) is 157 cm³/mol. The third kappa shape index (κ3) is 6.58. The van der Waals surface area contributed by atoms with Crippen LogP contribution in [-0.4, -0.2) is 33.3 Å². The molecule has 0 fully saturated rings. The first-order chi connectivity index (χ1) is 18.7. The Morgan fingerprint density at radius 3 is 2.62 bits per heavy atom. The summed E-state index contributed by atoms with van der Waals surface area (Å²) in [5, 5.41) is 19.3. The van der Waals surface area contributed by atoms with Crippen LogP contribution in [0, 0.1) is 10.1 Å². The van der Waals surface area contributed by atoms with E-state index in [2.05, 4.69) is 47.3 Å². The van der Waals surface area contributed by atoms with Gasteiger partial charge in [0.15, 0.2) is 6.61 Å². The molecule has 4 rings (SSSR count). The van der Waals surface area contributed by atoms with Crippen LogP contribution in [0.1, 0.15) is 37.6 Å². The molecule has 1 heterocycles. The van der Waals surface area contributed by atoms with Crippen molar-refractivity contribution in [3.8, 4) is 5.75 Å². The first kappa shape index (κ1) is 28.1. The van der Waals surface area contributed by atoms with Gasteiger partial charge in [0.2, 0.25) is 5.75 Å². The monoisotopic (exact) mass is 655 g/mol. The highest BCUT2D eigenvalue weighted by Crippen LogP contribution is 2.34.